The summed E-state index contributed by atoms with van der Waals surface area (Å²) in [7, 11) is -14.0. The number of hydrogen-bond donors (Lipinski definition) is 4. The van der Waals surface area contributed by atoms with Gasteiger partial charge in [0.2, 0.25) is 9.84 Å². The van der Waals surface area contributed by atoms with Crippen molar-refractivity contribution < 1.29 is 53.2 Å². The molecule has 0 fully saturated rings. The number of nitrogen functional groups attached to an aromatic ring is 1. The third-order valence-corrected chi connectivity index (χ3v) is 8.26. The number of ketones is 2. The average Bonchev–Trinajstić information content (AvgIpc) is 2.87. The lowest BCUT2D eigenvalue weighted by molar-refractivity contribution is -0.140. The first-order valence-corrected chi connectivity index (χ1v) is 14.7. The summed E-state index contributed by atoms with van der Waals surface area (Å²) in [6, 6.07) is 11.3. The van der Waals surface area contributed by atoms with Gasteiger partial charge >= 0.3 is 10.4 Å². The zero-order chi connectivity index (χ0) is 28.8. The minimum absolute atomic E-state index is 0.00918. The number of nitrogens with one attached hydrogen (secondary N) is 1. The number of nitrogens with two attached hydrogens (primary N) is 1. The third-order valence-electron chi connectivity index (χ3n) is 5.44. The number of anilines is 3. The highest BCUT2D eigenvalue weighted by Crippen LogP contribution is 2.40. The normalized spacial score (nSPS) is 13.7. The lowest BCUT2D eigenvalue weighted by atomic mass is 9.82. The average molecular weight is 597 g/mol. The first kappa shape index (κ1) is 27.9. The molecule has 39 heavy (non-hydrogen) atoms. The second-order valence-electron chi connectivity index (χ2n) is 7.81. The highest BCUT2D eigenvalue weighted by Gasteiger charge is 2.36. The summed E-state index contributed by atoms with van der Waals surface area (Å²) in [5, 5.41) is 11.2. The fraction of sp³-hybridized carbons (Fsp3) is 0. The van der Waals surface area contributed by atoms with Crippen LogP contribution in [0.25, 0.3) is 0 Å². The smallest absolute Gasteiger partial charge is 0.397 e. The molecular formula is C22H16N2O12S3. The van der Waals surface area contributed by atoms with Gasteiger partial charge in [0, 0.05) is 16.8 Å². The zero-order valence-electron chi connectivity index (χ0n) is 19.1. The Morgan fingerprint density at radius 1 is 0.846 bits per heavy atom. The van der Waals surface area contributed by atoms with Gasteiger partial charge in [-0.3, -0.25) is 14.1 Å². The van der Waals surface area contributed by atoms with Crippen LogP contribution in [0.2, 0.25) is 0 Å². The molecule has 1 aliphatic carbocycles. The van der Waals surface area contributed by atoms with Gasteiger partial charge in [-0.15, -0.1) is 0 Å². The SMILES string of the molecule is Nc1c(S(=O)(=O)O)cc(Nc2ccc(S(=O)(=O)C=COS(=O)(=O)OO)cc2)c2c1C(=O)c1ccccc1C2=O. The molecule has 0 saturated heterocycles. The van der Waals surface area contributed by atoms with Crippen molar-refractivity contribution >= 4 is 59.0 Å². The van der Waals surface area contributed by atoms with Crippen molar-refractivity contribution in [3.05, 3.63) is 88.5 Å². The van der Waals surface area contributed by atoms with E-state index in [0.29, 0.717) is 5.41 Å². The number of benzene rings is 3. The molecule has 0 saturated carbocycles. The summed E-state index contributed by atoms with van der Waals surface area (Å²) in [5.74, 6) is -1.39. The topological polar surface area (TPSA) is 234 Å². The number of carbonyl (C=O) groups excluding carboxylic acids is 2. The van der Waals surface area contributed by atoms with Gasteiger partial charge in [0.05, 0.1) is 32.8 Å². The largest absolute Gasteiger partial charge is 0.475 e. The van der Waals surface area contributed by atoms with Gasteiger partial charge in [0.15, 0.2) is 11.6 Å². The van der Waals surface area contributed by atoms with Crippen molar-refractivity contribution in [1.29, 1.82) is 0 Å². The van der Waals surface area contributed by atoms with Crippen molar-refractivity contribution in [3.63, 3.8) is 0 Å². The van der Waals surface area contributed by atoms with E-state index < -0.39 is 58.1 Å². The monoisotopic (exact) mass is 596 g/mol. The molecule has 0 radical (unpaired) electrons. The molecule has 0 unspecified atom stereocenters. The second kappa shape index (κ2) is 9.88. The van der Waals surface area contributed by atoms with E-state index in [0.717, 1.165) is 18.2 Å². The number of carbonyl (C=O) groups is 2. The minimum Gasteiger partial charge on any atom is -0.397 e. The van der Waals surface area contributed by atoms with Gasteiger partial charge in [0.1, 0.15) is 11.2 Å². The summed E-state index contributed by atoms with van der Waals surface area (Å²) in [4.78, 5) is 25.4. The van der Waals surface area contributed by atoms with Gasteiger partial charge in [-0.1, -0.05) is 28.6 Å². The Bertz CT molecular complexity index is 1880. The molecule has 0 atom stereocenters. The zero-order valence-corrected chi connectivity index (χ0v) is 21.6. The van der Waals surface area contributed by atoms with Crippen molar-refractivity contribution in [2.24, 2.45) is 0 Å². The molecular weight excluding hydrogens is 580 g/mol. The molecule has 0 spiro atoms. The van der Waals surface area contributed by atoms with Gasteiger partial charge in [0.25, 0.3) is 10.1 Å². The molecule has 204 valence electrons. The highest BCUT2D eigenvalue weighted by atomic mass is 32.3. The minimum atomic E-state index is -4.94. The fourth-order valence-corrected chi connectivity index (χ4v) is 5.57. The first-order valence-electron chi connectivity index (χ1n) is 10.3. The molecule has 5 N–H and O–H groups in total. The van der Waals surface area contributed by atoms with E-state index in [9.17, 15) is 39.4 Å². The molecule has 0 bridgehead atoms. The van der Waals surface area contributed by atoms with Crippen molar-refractivity contribution in [1.82, 2.24) is 0 Å². The van der Waals surface area contributed by atoms with Crippen LogP contribution in [0.3, 0.4) is 0 Å². The number of rotatable bonds is 8. The van der Waals surface area contributed by atoms with E-state index in [4.69, 9.17) is 11.0 Å². The highest BCUT2D eigenvalue weighted by molar-refractivity contribution is 7.94. The van der Waals surface area contributed by atoms with Gasteiger partial charge in [-0.2, -0.15) is 16.8 Å². The quantitative estimate of drug-likeness (QED) is 0.0749. The maximum absolute atomic E-state index is 13.3. The van der Waals surface area contributed by atoms with E-state index in [1.807, 2.05) is 0 Å². The van der Waals surface area contributed by atoms with E-state index in [2.05, 4.69) is 13.8 Å². The summed E-state index contributed by atoms with van der Waals surface area (Å²) in [5.41, 5.74) is 4.57. The molecule has 0 amide bonds. The number of hydrogen-bond acceptors (Lipinski definition) is 13. The van der Waals surface area contributed by atoms with E-state index in [-0.39, 0.29) is 39.2 Å². The maximum Gasteiger partial charge on any atom is 0.475 e. The standard InChI is InChI=1S/C22H16N2O12S3/c23-20-17(38(30,31)32)11-16(18-19(20)22(26)15-4-2-1-3-14(15)21(18)25)24-12-5-7-13(8-6-12)37(28,29)10-9-35-39(33,34)36-27/h1-11,24,27H,23H2,(H,30,31,32). The predicted molar refractivity (Wildman–Crippen MR) is 134 cm³/mol. The Hall–Kier alpha value is -4.13. The van der Waals surface area contributed by atoms with Gasteiger partial charge in [-0.25, -0.2) is 13.7 Å². The van der Waals surface area contributed by atoms with Crippen LogP contribution in [0.15, 0.2) is 76.1 Å². The van der Waals surface area contributed by atoms with Crippen molar-refractivity contribution in [2.75, 3.05) is 11.1 Å². The first-order chi connectivity index (χ1) is 18.2. The van der Waals surface area contributed by atoms with Crippen LogP contribution in [-0.4, -0.2) is 46.6 Å². The van der Waals surface area contributed by atoms with Crippen LogP contribution < -0.4 is 11.1 Å². The third kappa shape index (κ3) is 5.39. The van der Waals surface area contributed by atoms with Gasteiger partial charge < -0.3 is 15.2 Å². The summed E-state index contributed by atoms with van der Waals surface area (Å²) in [6.07, 6.45) is 0.255. The van der Waals surface area contributed by atoms with Crippen LogP contribution in [0.4, 0.5) is 17.1 Å². The Morgan fingerprint density at radius 2 is 1.41 bits per heavy atom. The molecule has 0 heterocycles. The lowest BCUT2D eigenvalue weighted by Gasteiger charge is -2.23. The van der Waals surface area contributed by atoms with Crippen LogP contribution in [-0.2, 0) is 38.9 Å². The molecule has 0 aliphatic heterocycles. The molecule has 4 rings (SSSR count). The lowest BCUT2D eigenvalue weighted by Crippen LogP contribution is -2.25. The Balaban J connectivity index is 1.76. The predicted octanol–water partition coefficient (Wildman–Crippen LogP) is 2.03. The summed E-state index contributed by atoms with van der Waals surface area (Å²) < 4.78 is 87.3. The molecule has 3 aromatic carbocycles. The number of sulfone groups is 1. The van der Waals surface area contributed by atoms with E-state index in [1.54, 1.807) is 0 Å². The van der Waals surface area contributed by atoms with E-state index in [1.165, 1.54) is 36.4 Å². The summed E-state index contributed by atoms with van der Waals surface area (Å²) in [6.45, 7) is 0. The second-order valence-corrected chi connectivity index (χ2v) is 12.2. The molecule has 1 aliphatic rings. The maximum atomic E-state index is 13.3. The molecule has 0 aromatic heterocycles. The Morgan fingerprint density at radius 3 is 1.95 bits per heavy atom. The molecule has 14 nitrogen and oxygen atoms in total. The number of fused-ring (bicyclic) bond motifs is 2. The van der Waals surface area contributed by atoms with Crippen LogP contribution in [0.5, 0.6) is 0 Å². The van der Waals surface area contributed by atoms with Crippen LogP contribution in [0.1, 0.15) is 31.8 Å². The Kier molecular flexibility index (Phi) is 7.06. The molecule has 3 aromatic rings. The van der Waals surface area contributed by atoms with Crippen LogP contribution in [0, 0.1) is 0 Å². The fourth-order valence-electron chi connectivity index (χ4n) is 3.75. The van der Waals surface area contributed by atoms with E-state index >= 15 is 0 Å². The summed E-state index contributed by atoms with van der Waals surface area (Å²) >= 11 is 0. The van der Waals surface area contributed by atoms with Crippen LogP contribution >= 0.6 is 0 Å². The Labute approximate surface area is 221 Å². The van der Waals surface area contributed by atoms with Gasteiger partial charge in [-0.05, 0) is 30.3 Å². The van der Waals surface area contributed by atoms with Crippen molar-refractivity contribution in [2.45, 2.75) is 9.79 Å². The van der Waals surface area contributed by atoms with Crippen molar-refractivity contribution in [3.8, 4) is 0 Å². The molecule has 17 heteroatoms.